The number of sulfone groups is 1. The molecule has 0 unspecified atom stereocenters. The minimum Gasteiger partial charge on any atom is -0.507 e. The maximum atomic E-state index is 13.0. The predicted octanol–water partition coefficient (Wildman–Crippen LogP) is 2.08. The average Bonchev–Trinajstić information content (AvgIpc) is 3.29. The molecule has 4 rings (SSSR count). The lowest BCUT2D eigenvalue weighted by Crippen LogP contribution is -2.40. The van der Waals surface area contributed by atoms with E-state index in [1.807, 2.05) is 0 Å². The molecule has 1 N–H and O–H groups in total. The van der Waals surface area contributed by atoms with Crippen LogP contribution < -0.4 is 0 Å². The Balaban J connectivity index is 1.86. The average molecular weight is 455 g/mol. The first kappa shape index (κ1) is 21.8. The fourth-order valence-electron chi connectivity index (χ4n) is 4.22. The van der Waals surface area contributed by atoms with Gasteiger partial charge in [-0.3, -0.25) is 9.59 Å². The van der Waals surface area contributed by atoms with Gasteiger partial charge >= 0.3 is 5.97 Å². The highest BCUT2D eigenvalue weighted by molar-refractivity contribution is 7.91. The third-order valence-electron chi connectivity index (χ3n) is 5.78. The molecule has 2 heterocycles. The first-order valence-corrected chi connectivity index (χ1v) is 11.8. The second-order valence-corrected chi connectivity index (χ2v) is 9.97. The van der Waals surface area contributed by atoms with Crippen LogP contribution in [0.2, 0.25) is 0 Å². The lowest BCUT2D eigenvalue weighted by molar-refractivity contribution is -0.141. The zero-order valence-electron chi connectivity index (χ0n) is 17.2. The molecule has 8 nitrogen and oxygen atoms in total. The summed E-state index contributed by atoms with van der Waals surface area (Å²) in [5, 5.41) is 11.0. The zero-order valence-corrected chi connectivity index (χ0v) is 18.0. The highest BCUT2D eigenvalue weighted by Gasteiger charge is 2.50. The highest BCUT2D eigenvalue weighted by atomic mass is 32.2. The molecule has 0 radical (unpaired) electrons. The van der Waals surface area contributed by atoms with Gasteiger partial charge in [-0.1, -0.05) is 42.5 Å². The van der Waals surface area contributed by atoms with Gasteiger partial charge in [-0.15, -0.1) is 0 Å². The Morgan fingerprint density at radius 2 is 1.69 bits per heavy atom. The summed E-state index contributed by atoms with van der Waals surface area (Å²) in [6, 6.07) is 12.8. The molecule has 0 aliphatic carbocycles. The van der Waals surface area contributed by atoms with Gasteiger partial charge in [0.1, 0.15) is 5.76 Å². The number of aliphatic hydroxyl groups excluding tert-OH is 1. The van der Waals surface area contributed by atoms with Gasteiger partial charge in [-0.25, -0.2) is 13.2 Å². The summed E-state index contributed by atoms with van der Waals surface area (Å²) in [6.45, 7) is 0. The Morgan fingerprint density at radius 1 is 1.03 bits per heavy atom. The Labute approximate surface area is 185 Å². The SMILES string of the molecule is COC(=O)c1ccc([C@@H]2/C(=C(/O)c3ccccc3)C(=O)C(=O)N2[C@H]2CCS(=O)(=O)C2)cc1. The van der Waals surface area contributed by atoms with Crippen molar-refractivity contribution in [2.75, 3.05) is 18.6 Å². The van der Waals surface area contributed by atoms with Crippen LogP contribution in [0.3, 0.4) is 0 Å². The van der Waals surface area contributed by atoms with E-state index in [1.54, 1.807) is 42.5 Å². The number of nitrogens with zero attached hydrogens (tertiary/aromatic N) is 1. The van der Waals surface area contributed by atoms with Crippen LogP contribution in [0.4, 0.5) is 0 Å². The fourth-order valence-corrected chi connectivity index (χ4v) is 5.93. The third-order valence-corrected chi connectivity index (χ3v) is 7.53. The molecule has 9 heteroatoms. The molecule has 2 atom stereocenters. The summed E-state index contributed by atoms with van der Waals surface area (Å²) >= 11 is 0. The minimum atomic E-state index is -3.34. The van der Waals surface area contributed by atoms with Crippen LogP contribution in [0.25, 0.3) is 5.76 Å². The molecule has 32 heavy (non-hydrogen) atoms. The minimum absolute atomic E-state index is 0.0760. The van der Waals surface area contributed by atoms with E-state index in [9.17, 15) is 27.9 Å². The maximum absolute atomic E-state index is 13.0. The second-order valence-electron chi connectivity index (χ2n) is 7.74. The van der Waals surface area contributed by atoms with Gasteiger partial charge in [0.05, 0.1) is 35.8 Å². The van der Waals surface area contributed by atoms with Crippen molar-refractivity contribution in [3.63, 3.8) is 0 Å². The number of Topliss-reactive ketones (excluding diaryl/α,β-unsaturated/α-hetero) is 1. The van der Waals surface area contributed by atoms with E-state index in [1.165, 1.54) is 24.1 Å². The van der Waals surface area contributed by atoms with Gasteiger partial charge in [0.2, 0.25) is 0 Å². The monoisotopic (exact) mass is 455 g/mol. The van der Waals surface area contributed by atoms with Crippen molar-refractivity contribution in [2.45, 2.75) is 18.5 Å². The van der Waals surface area contributed by atoms with Crippen molar-refractivity contribution in [3.05, 3.63) is 76.9 Å². The Hall–Kier alpha value is -3.46. The lowest BCUT2D eigenvalue weighted by Gasteiger charge is -2.30. The fraction of sp³-hybridized carbons (Fsp3) is 0.261. The number of hydrogen-bond acceptors (Lipinski definition) is 7. The number of carbonyl (C=O) groups excluding carboxylic acids is 3. The normalized spacial score (nSPS) is 24.0. The molecule has 2 saturated heterocycles. The standard InChI is InChI=1S/C23H21NO7S/c1-31-23(28)16-9-7-14(8-10-16)19-18(20(25)15-5-3-2-4-6-15)21(26)22(27)24(19)17-11-12-32(29,30)13-17/h2-10,17,19,25H,11-13H2,1H3/b20-18-/t17-,19+/m0/s1. The first-order chi connectivity index (χ1) is 15.2. The van der Waals surface area contributed by atoms with Crippen molar-refractivity contribution in [1.82, 2.24) is 4.90 Å². The van der Waals surface area contributed by atoms with Gasteiger partial charge in [-0.2, -0.15) is 0 Å². The van der Waals surface area contributed by atoms with Crippen LogP contribution >= 0.6 is 0 Å². The summed E-state index contributed by atoms with van der Waals surface area (Å²) in [6.07, 6.45) is 0.206. The number of aliphatic hydroxyl groups is 1. The smallest absolute Gasteiger partial charge is 0.337 e. The molecule has 0 spiro atoms. The highest BCUT2D eigenvalue weighted by Crippen LogP contribution is 2.42. The van der Waals surface area contributed by atoms with Crippen molar-refractivity contribution in [1.29, 1.82) is 0 Å². The number of esters is 1. The van der Waals surface area contributed by atoms with Gasteiger partial charge in [-0.05, 0) is 24.1 Å². The summed E-state index contributed by atoms with van der Waals surface area (Å²) in [5.41, 5.74) is 0.996. The van der Waals surface area contributed by atoms with E-state index in [0.29, 0.717) is 11.1 Å². The Bertz CT molecular complexity index is 1220. The van der Waals surface area contributed by atoms with E-state index >= 15 is 0 Å². The molecule has 0 aromatic heterocycles. The van der Waals surface area contributed by atoms with Gasteiger partial charge in [0.15, 0.2) is 9.84 Å². The summed E-state index contributed by atoms with van der Waals surface area (Å²) in [5.74, 6) is -2.94. The van der Waals surface area contributed by atoms with Crippen molar-refractivity contribution < 1.29 is 32.6 Å². The van der Waals surface area contributed by atoms with Crippen molar-refractivity contribution in [3.8, 4) is 0 Å². The quantitative estimate of drug-likeness (QED) is 0.325. The van der Waals surface area contributed by atoms with E-state index in [2.05, 4.69) is 0 Å². The zero-order chi connectivity index (χ0) is 23.0. The number of benzene rings is 2. The Kier molecular flexibility index (Phi) is 5.60. The predicted molar refractivity (Wildman–Crippen MR) is 115 cm³/mol. The lowest BCUT2D eigenvalue weighted by atomic mass is 9.94. The molecule has 2 fully saturated rings. The molecule has 2 aliphatic heterocycles. The molecular weight excluding hydrogens is 434 g/mol. The molecule has 1 amide bonds. The summed E-state index contributed by atoms with van der Waals surface area (Å²) in [4.78, 5) is 39.1. The number of carbonyl (C=O) groups is 3. The molecule has 166 valence electrons. The number of ether oxygens (including phenoxy) is 1. The number of methoxy groups -OCH3 is 1. The van der Waals surface area contributed by atoms with Gasteiger partial charge in [0.25, 0.3) is 11.7 Å². The van der Waals surface area contributed by atoms with Crippen molar-refractivity contribution in [2.24, 2.45) is 0 Å². The van der Waals surface area contributed by atoms with Crippen LogP contribution in [0.15, 0.2) is 60.2 Å². The summed E-state index contributed by atoms with van der Waals surface area (Å²) in [7, 11) is -2.08. The van der Waals surface area contributed by atoms with Crippen LogP contribution in [0.5, 0.6) is 0 Å². The maximum Gasteiger partial charge on any atom is 0.337 e. The van der Waals surface area contributed by atoms with E-state index in [4.69, 9.17) is 4.74 Å². The number of rotatable bonds is 4. The number of ketones is 1. The van der Waals surface area contributed by atoms with E-state index in [-0.39, 0.29) is 34.8 Å². The number of hydrogen-bond donors (Lipinski definition) is 1. The van der Waals surface area contributed by atoms with Gasteiger partial charge < -0.3 is 14.7 Å². The van der Waals surface area contributed by atoms with E-state index in [0.717, 1.165) is 0 Å². The molecule has 2 aromatic carbocycles. The van der Waals surface area contributed by atoms with Crippen LogP contribution in [-0.4, -0.2) is 60.7 Å². The molecule has 0 bridgehead atoms. The molecular formula is C23H21NO7S. The van der Waals surface area contributed by atoms with E-state index < -0.39 is 39.6 Å². The second kappa shape index (κ2) is 8.23. The van der Waals surface area contributed by atoms with Crippen LogP contribution in [0.1, 0.15) is 33.9 Å². The van der Waals surface area contributed by atoms with Crippen LogP contribution in [0, 0.1) is 0 Å². The van der Waals surface area contributed by atoms with Crippen molar-refractivity contribution >= 4 is 33.3 Å². The molecule has 2 aromatic rings. The van der Waals surface area contributed by atoms with Gasteiger partial charge in [0, 0.05) is 11.6 Å². The third kappa shape index (κ3) is 3.80. The number of amides is 1. The first-order valence-electron chi connectivity index (χ1n) is 9.97. The Morgan fingerprint density at radius 3 is 2.25 bits per heavy atom. The van der Waals surface area contributed by atoms with Crippen LogP contribution in [-0.2, 0) is 24.2 Å². The topological polar surface area (TPSA) is 118 Å². The molecule has 2 aliphatic rings. The molecule has 0 saturated carbocycles. The number of likely N-dealkylation sites (tertiary alicyclic amines) is 1. The summed E-state index contributed by atoms with van der Waals surface area (Å²) < 4.78 is 28.9. The largest absolute Gasteiger partial charge is 0.507 e.